The van der Waals surface area contributed by atoms with Crippen LogP contribution in [0.1, 0.15) is 93.3 Å². The van der Waals surface area contributed by atoms with Gasteiger partial charge in [-0.25, -0.2) is 0 Å². The van der Waals surface area contributed by atoms with Gasteiger partial charge in [-0.2, -0.15) is 0 Å². The third-order valence-corrected chi connectivity index (χ3v) is 6.83. The van der Waals surface area contributed by atoms with Gasteiger partial charge in [0.1, 0.15) is 6.04 Å². The summed E-state index contributed by atoms with van der Waals surface area (Å²) in [4.78, 5) is 35.0. The van der Waals surface area contributed by atoms with Crippen LogP contribution in [0.2, 0.25) is 0 Å². The van der Waals surface area contributed by atoms with Crippen LogP contribution in [-0.2, 0) is 16.0 Å². The molecule has 1 aromatic carbocycles. The molecule has 0 aliphatic heterocycles. The number of aryl methyl sites for hydroxylation is 2. The van der Waals surface area contributed by atoms with Crippen molar-refractivity contribution in [1.29, 1.82) is 0 Å². The molecule has 0 heterocycles. The van der Waals surface area contributed by atoms with Crippen LogP contribution in [-0.4, -0.2) is 74.1 Å². The van der Waals surface area contributed by atoms with Crippen molar-refractivity contribution in [1.82, 2.24) is 15.1 Å². The number of amides is 2. The molecule has 37 heavy (non-hydrogen) atoms. The van der Waals surface area contributed by atoms with Crippen molar-refractivity contribution in [3.8, 4) is 0 Å². The van der Waals surface area contributed by atoms with Gasteiger partial charge in [0.25, 0.3) is 0 Å². The maximum absolute atomic E-state index is 13.3. The van der Waals surface area contributed by atoms with Crippen molar-refractivity contribution < 1.29 is 11.0 Å². The van der Waals surface area contributed by atoms with E-state index in [1.54, 1.807) is 19.0 Å². The number of rotatable bonds is 13. The number of aliphatic imine (C=N–C) groups is 1. The lowest BCUT2D eigenvalue weighted by atomic mass is 9.83. The second-order valence-electron chi connectivity index (χ2n) is 12.1. The lowest BCUT2D eigenvalue weighted by molar-refractivity contribution is -0.138. The molecule has 0 bridgehead atoms. The van der Waals surface area contributed by atoms with Crippen molar-refractivity contribution in [3.63, 3.8) is 0 Å². The molecule has 1 rings (SSSR count). The highest BCUT2D eigenvalue weighted by atomic mass is 16.2. The highest BCUT2D eigenvalue weighted by molar-refractivity contribution is 5.99. The van der Waals surface area contributed by atoms with E-state index in [0.29, 0.717) is 13.0 Å². The number of hydrogen-bond donors (Lipinski definition) is 1. The smallest absolute Gasteiger partial charge is 0.245 e. The number of carbonyl (C=O) groups is 2. The van der Waals surface area contributed by atoms with Gasteiger partial charge in [0.2, 0.25) is 11.8 Å². The second-order valence-corrected chi connectivity index (χ2v) is 12.1. The van der Waals surface area contributed by atoms with E-state index >= 15 is 0 Å². The Morgan fingerprint density at radius 1 is 1.11 bits per heavy atom. The first-order valence-electron chi connectivity index (χ1n) is 13.4. The molecule has 0 fully saturated rings. The average molecular weight is 519 g/mol. The molecule has 0 saturated heterocycles. The third-order valence-electron chi connectivity index (χ3n) is 6.83. The Morgan fingerprint density at radius 2 is 1.73 bits per heavy atom. The summed E-state index contributed by atoms with van der Waals surface area (Å²) < 4.78 is 0. The molecule has 2 amide bonds. The van der Waals surface area contributed by atoms with E-state index in [-0.39, 0.29) is 31.5 Å². The van der Waals surface area contributed by atoms with E-state index in [2.05, 4.69) is 63.2 Å². The summed E-state index contributed by atoms with van der Waals surface area (Å²) in [6.07, 6.45) is 3.58. The predicted molar refractivity (Wildman–Crippen MR) is 162 cm³/mol. The Balaban J connectivity index is 0. The first-order valence-corrected chi connectivity index (χ1v) is 13.4. The fraction of sp³-hybridized carbons (Fsp3) is 0.710. The topological polar surface area (TPSA) is 65.0 Å². The zero-order chi connectivity index (χ0) is 27.7. The van der Waals surface area contributed by atoms with Crippen molar-refractivity contribution >= 4 is 17.5 Å². The van der Waals surface area contributed by atoms with E-state index in [1.807, 2.05) is 27.7 Å². The molecule has 0 saturated carbocycles. The molecule has 0 radical (unpaired) electrons. The summed E-state index contributed by atoms with van der Waals surface area (Å²) in [5, 5.41) is 3.05. The van der Waals surface area contributed by atoms with E-state index < -0.39 is 6.04 Å². The molecular formula is C31H58N4O2. The maximum Gasteiger partial charge on any atom is 0.245 e. The molecule has 0 aliphatic carbocycles. The van der Waals surface area contributed by atoms with Gasteiger partial charge >= 0.3 is 0 Å². The van der Waals surface area contributed by atoms with Gasteiger partial charge in [-0.3, -0.25) is 14.6 Å². The highest BCUT2D eigenvalue weighted by Gasteiger charge is 2.36. The first kappa shape index (κ1) is 34.8. The van der Waals surface area contributed by atoms with Gasteiger partial charge in [0.15, 0.2) is 0 Å². The zero-order valence-corrected chi connectivity index (χ0v) is 24.9. The third kappa shape index (κ3) is 11.4. The Kier molecular flexibility index (Phi) is 14.4. The molecule has 1 unspecified atom stereocenters. The first-order chi connectivity index (χ1) is 16.6. The fourth-order valence-corrected chi connectivity index (χ4v) is 4.55. The Morgan fingerprint density at radius 3 is 2.22 bits per heavy atom. The summed E-state index contributed by atoms with van der Waals surface area (Å²) in [6.45, 7) is 18.9. The van der Waals surface area contributed by atoms with Crippen molar-refractivity contribution in [2.75, 3.05) is 40.8 Å². The van der Waals surface area contributed by atoms with Crippen molar-refractivity contribution in [2.24, 2.45) is 15.8 Å². The lowest BCUT2D eigenvalue weighted by Crippen LogP contribution is -2.54. The number of carbonyl (C=O) groups excluding carboxylic acids is 2. The van der Waals surface area contributed by atoms with Crippen LogP contribution < -0.4 is 5.32 Å². The number of likely N-dealkylation sites (N-methyl/N-ethyl adjacent to an activating group) is 1. The highest BCUT2D eigenvalue weighted by Crippen LogP contribution is 2.26. The van der Waals surface area contributed by atoms with Gasteiger partial charge in [-0.15, -0.1) is 0 Å². The normalized spacial score (nSPS) is 14.5. The molecule has 1 aromatic rings. The monoisotopic (exact) mass is 518 g/mol. The molecule has 0 aliphatic rings. The molecule has 1 N–H and O–H groups in total. The van der Waals surface area contributed by atoms with Crippen LogP contribution in [0.3, 0.4) is 0 Å². The Bertz CT molecular complexity index is 908. The summed E-state index contributed by atoms with van der Waals surface area (Å²) in [6, 6.07) is 5.95. The largest absolute Gasteiger partial charge is 0.347 e. The van der Waals surface area contributed by atoms with Gasteiger partial charge in [0.05, 0.1) is 0 Å². The number of nitrogens with one attached hydrogen (secondary N) is 1. The van der Waals surface area contributed by atoms with Crippen LogP contribution in [0, 0.1) is 17.8 Å². The quantitative estimate of drug-likeness (QED) is 0.326. The Hall–Kier alpha value is -2.21. The van der Waals surface area contributed by atoms with Crippen molar-refractivity contribution in [2.45, 2.75) is 94.5 Å². The molecule has 0 spiro atoms. The molecule has 6 heteroatoms. The predicted octanol–water partition coefficient (Wildman–Crippen LogP) is 6.00. The van der Waals surface area contributed by atoms with Crippen LogP contribution in [0.4, 0.5) is 0 Å². The number of nitrogens with zero attached hydrogens (tertiary/aromatic N) is 3. The Labute approximate surface area is 229 Å². The van der Waals surface area contributed by atoms with Crippen LogP contribution >= 0.6 is 0 Å². The number of hydrogen-bond acceptors (Lipinski definition) is 4. The van der Waals surface area contributed by atoms with Crippen LogP contribution in [0.15, 0.2) is 23.2 Å². The standard InChI is InChI=1S/C30H52N4O2.CH4.H2/c1-12-14-17-34(11)21-30(8,19-26(35)32-27(29(5,6)7)28(36)33(9)10)20-31-23(4)25-16-15-24(13-2)22(3)18-25;;/h15-16,18,27H,12-14,17,19-21H2,1-11H3,(H,32,35);1H4;1H/t27-,30?;;/m1../s1. The minimum Gasteiger partial charge on any atom is -0.347 e. The molecular weight excluding hydrogens is 460 g/mol. The molecule has 6 nitrogen and oxygen atoms in total. The average Bonchev–Trinajstić information content (AvgIpc) is 2.78. The molecule has 214 valence electrons. The summed E-state index contributed by atoms with van der Waals surface area (Å²) >= 11 is 0. The van der Waals surface area contributed by atoms with E-state index in [9.17, 15) is 9.59 Å². The van der Waals surface area contributed by atoms with Crippen molar-refractivity contribution in [3.05, 3.63) is 34.9 Å². The van der Waals surface area contributed by atoms with Gasteiger partial charge < -0.3 is 15.1 Å². The lowest BCUT2D eigenvalue weighted by Gasteiger charge is -2.35. The van der Waals surface area contributed by atoms with Crippen LogP contribution in [0.5, 0.6) is 0 Å². The minimum absolute atomic E-state index is 0. The second kappa shape index (κ2) is 15.3. The maximum atomic E-state index is 13.3. The van der Waals surface area contributed by atoms with E-state index in [1.165, 1.54) is 11.1 Å². The SMILES string of the molecule is C.CCCCN(C)CC(C)(CN=C(C)c1ccc(CC)c(C)c1)CC(=O)N[C@H](C(=O)N(C)C)C(C)(C)C.[HH]. The molecule has 0 aromatic heterocycles. The van der Waals surface area contributed by atoms with E-state index in [0.717, 1.165) is 43.6 Å². The summed E-state index contributed by atoms with van der Waals surface area (Å²) in [5.41, 5.74) is 3.99. The number of benzene rings is 1. The van der Waals surface area contributed by atoms with E-state index in [4.69, 9.17) is 4.99 Å². The van der Waals surface area contributed by atoms with Gasteiger partial charge in [0, 0.05) is 46.2 Å². The van der Waals surface area contributed by atoms with Gasteiger partial charge in [-0.1, -0.05) is 67.5 Å². The molecule has 2 atom stereocenters. The fourth-order valence-electron chi connectivity index (χ4n) is 4.55. The van der Waals surface area contributed by atoms with Gasteiger partial charge in [-0.05, 0) is 68.5 Å². The summed E-state index contributed by atoms with van der Waals surface area (Å²) in [7, 11) is 5.57. The number of unbranched alkanes of at least 4 members (excludes halogenated alkanes) is 1. The summed E-state index contributed by atoms with van der Waals surface area (Å²) in [5.74, 6) is -0.190. The van der Waals surface area contributed by atoms with Crippen LogP contribution in [0.25, 0.3) is 0 Å². The zero-order valence-electron chi connectivity index (χ0n) is 24.9. The minimum atomic E-state index is -0.577.